The molecule has 0 saturated carbocycles. The predicted octanol–water partition coefficient (Wildman–Crippen LogP) is 2.92. The highest BCUT2D eigenvalue weighted by molar-refractivity contribution is 9.11. The van der Waals surface area contributed by atoms with Crippen LogP contribution in [0.4, 0.5) is 0 Å². The number of nitrogens with one attached hydrogen (secondary N) is 1. The minimum Gasteiger partial charge on any atom is -0.352 e. The van der Waals surface area contributed by atoms with Crippen molar-refractivity contribution in [3.05, 3.63) is 50.7 Å². The number of amides is 1. The maximum Gasteiger partial charge on any atom is 0.252 e. The molecule has 6 heteroatoms. The lowest BCUT2D eigenvalue weighted by molar-refractivity contribution is 0.0953. The van der Waals surface area contributed by atoms with E-state index >= 15 is 0 Å². The van der Waals surface area contributed by atoms with Gasteiger partial charge in [-0.3, -0.25) is 9.48 Å². The number of hydrogen-bond acceptors (Lipinski definition) is 2. The topological polar surface area (TPSA) is 46.9 Å². The first-order chi connectivity index (χ1) is 9.06. The van der Waals surface area contributed by atoms with Crippen molar-refractivity contribution < 1.29 is 4.79 Å². The fourth-order valence-electron chi connectivity index (χ4n) is 1.67. The van der Waals surface area contributed by atoms with Gasteiger partial charge in [-0.25, -0.2) is 0 Å². The molecule has 0 saturated heterocycles. The van der Waals surface area contributed by atoms with Gasteiger partial charge >= 0.3 is 0 Å². The molecule has 0 unspecified atom stereocenters. The number of hydrogen-bond donors (Lipinski definition) is 1. The zero-order valence-corrected chi connectivity index (χ0v) is 13.5. The summed E-state index contributed by atoms with van der Waals surface area (Å²) in [5.74, 6) is -0.0934. The zero-order valence-electron chi connectivity index (χ0n) is 10.4. The molecular weight excluding hydrogens is 374 g/mol. The Morgan fingerprint density at radius 2 is 2.16 bits per heavy atom. The summed E-state index contributed by atoms with van der Waals surface area (Å²) in [4.78, 5) is 12.0. The molecule has 1 amide bonds. The molecule has 0 radical (unpaired) electrons. The number of aromatic nitrogens is 2. The Balaban J connectivity index is 1.92. The van der Waals surface area contributed by atoms with Gasteiger partial charge in [0.1, 0.15) is 0 Å². The minimum absolute atomic E-state index is 0.0934. The van der Waals surface area contributed by atoms with Gasteiger partial charge in [0.05, 0.1) is 11.3 Å². The lowest BCUT2D eigenvalue weighted by Gasteiger charge is -2.06. The summed E-state index contributed by atoms with van der Waals surface area (Å²) in [7, 11) is 1.88. The van der Waals surface area contributed by atoms with Crippen LogP contribution in [0.25, 0.3) is 0 Å². The molecule has 0 bridgehead atoms. The van der Waals surface area contributed by atoms with Gasteiger partial charge in [-0.05, 0) is 40.2 Å². The first-order valence-electron chi connectivity index (χ1n) is 5.78. The Hall–Kier alpha value is -1.14. The monoisotopic (exact) mass is 385 g/mol. The van der Waals surface area contributed by atoms with Gasteiger partial charge in [0.25, 0.3) is 5.91 Å². The number of benzene rings is 1. The lowest BCUT2D eigenvalue weighted by atomic mass is 10.2. The van der Waals surface area contributed by atoms with Crippen LogP contribution in [0.1, 0.15) is 16.1 Å². The van der Waals surface area contributed by atoms with E-state index in [-0.39, 0.29) is 5.91 Å². The van der Waals surface area contributed by atoms with Crippen LogP contribution in [0.3, 0.4) is 0 Å². The quantitative estimate of drug-likeness (QED) is 0.878. The molecule has 0 fully saturated rings. The van der Waals surface area contributed by atoms with Crippen molar-refractivity contribution in [1.29, 1.82) is 0 Å². The highest BCUT2D eigenvalue weighted by Gasteiger charge is 2.10. The van der Waals surface area contributed by atoms with Crippen LogP contribution < -0.4 is 5.32 Å². The minimum atomic E-state index is -0.0934. The molecule has 1 aromatic carbocycles. The summed E-state index contributed by atoms with van der Waals surface area (Å²) in [5, 5.41) is 7.15. The molecule has 0 aliphatic carbocycles. The number of carbonyl (C=O) groups is 1. The van der Waals surface area contributed by atoms with Gasteiger partial charge in [0.2, 0.25) is 0 Å². The molecule has 0 aliphatic rings. The maximum absolute atomic E-state index is 12.0. The van der Waals surface area contributed by atoms with Crippen molar-refractivity contribution in [2.24, 2.45) is 7.05 Å². The first kappa shape index (κ1) is 14.3. The molecule has 1 aromatic heterocycles. The molecule has 2 aromatic rings. The Bertz CT molecular complexity index is 595. The van der Waals surface area contributed by atoms with Crippen LogP contribution >= 0.6 is 31.9 Å². The number of halogens is 2. The summed E-state index contributed by atoms with van der Waals surface area (Å²) in [6.45, 7) is 0.564. The van der Waals surface area contributed by atoms with E-state index in [0.29, 0.717) is 12.1 Å². The van der Waals surface area contributed by atoms with Gasteiger partial charge in [-0.15, -0.1) is 0 Å². The Kier molecular flexibility index (Phi) is 4.76. The van der Waals surface area contributed by atoms with Crippen LogP contribution in [0.5, 0.6) is 0 Å². The molecule has 0 spiro atoms. The Morgan fingerprint density at radius 1 is 1.37 bits per heavy atom. The fraction of sp³-hybridized carbons (Fsp3) is 0.231. The van der Waals surface area contributed by atoms with Crippen molar-refractivity contribution in [2.45, 2.75) is 6.42 Å². The summed E-state index contributed by atoms with van der Waals surface area (Å²) < 4.78 is 3.42. The van der Waals surface area contributed by atoms with E-state index in [1.807, 2.05) is 31.4 Å². The van der Waals surface area contributed by atoms with E-state index < -0.39 is 0 Å². The van der Waals surface area contributed by atoms with Crippen LogP contribution in [0, 0.1) is 0 Å². The molecule has 2 rings (SSSR count). The number of carbonyl (C=O) groups excluding carboxylic acids is 1. The van der Waals surface area contributed by atoms with Crippen molar-refractivity contribution in [3.63, 3.8) is 0 Å². The predicted molar refractivity (Wildman–Crippen MR) is 81.1 cm³/mol. The zero-order chi connectivity index (χ0) is 13.8. The maximum atomic E-state index is 12.0. The third-order valence-corrected chi connectivity index (χ3v) is 3.79. The molecule has 0 aliphatic heterocycles. The highest BCUT2D eigenvalue weighted by atomic mass is 79.9. The molecule has 19 heavy (non-hydrogen) atoms. The van der Waals surface area contributed by atoms with Crippen LogP contribution in [-0.2, 0) is 13.5 Å². The van der Waals surface area contributed by atoms with Crippen molar-refractivity contribution in [2.75, 3.05) is 6.54 Å². The SMILES string of the molecule is Cn1ccc(CCNC(=O)c2cc(Br)ccc2Br)n1. The first-order valence-corrected chi connectivity index (χ1v) is 7.36. The Morgan fingerprint density at radius 3 is 2.84 bits per heavy atom. The van der Waals surface area contributed by atoms with Crippen LogP contribution in [-0.4, -0.2) is 22.2 Å². The average Bonchev–Trinajstić information content (AvgIpc) is 2.78. The van der Waals surface area contributed by atoms with Gasteiger partial charge in [-0.1, -0.05) is 15.9 Å². The van der Waals surface area contributed by atoms with E-state index in [1.165, 1.54) is 0 Å². The third-order valence-electron chi connectivity index (χ3n) is 2.61. The van der Waals surface area contributed by atoms with E-state index in [9.17, 15) is 4.79 Å². The molecule has 1 heterocycles. The molecule has 100 valence electrons. The second-order valence-electron chi connectivity index (χ2n) is 4.11. The van der Waals surface area contributed by atoms with E-state index in [2.05, 4.69) is 42.3 Å². The second kappa shape index (κ2) is 6.34. The number of aryl methyl sites for hydroxylation is 1. The van der Waals surface area contributed by atoms with Crippen molar-refractivity contribution >= 4 is 37.8 Å². The number of rotatable bonds is 4. The van der Waals surface area contributed by atoms with Gasteiger partial charge in [0, 0.05) is 35.2 Å². The van der Waals surface area contributed by atoms with Gasteiger partial charge < -0.3 is 5.32 Å². The molecule has 1 N–H and O–H groups in total. The summed E-state index contributed by atoms with van der Waals surface area (Å²) in [5.41, 5.74) is 1.59. The summed E-state index contributed by atoms with van der Waals surface area (Å²) in [6.07, 6.45) is 2.61. The smallest absolute Gasteiger partial charge is 0.252 e. The fourth-order valence-corrected chi connectivity index (χ4v) is 2.46. The third kappa shape index (κ3) is 3.91. The van der Waals surface area contributed by atoms with E-state index in [1.54, 1.807) is 10.7 Å². The summed E-state index contributed by atoms with van der Waals surface area (Å²) in [6, 6.07) is 7.47. The van der Waals surface area contributed by atoms with Gasteiger partial charge in [-0.2, -0.15) is 5.10 Å². The van der Waals surface area contributed by atoms with Crippen molar-refractivity contribution in [1.82, 2.24) is 15.1 Å². The summed E-state index contributed by atoms with van der Waals surface area (Å²) >= 11 is 6.73. The van der Waals surface area contributed by atoms with Crippen LogP contribution in [0.2, 0.25) is 0 Å². The average molecular weight is 387 g/mol. The largest absolute Gasteiger partial charge is 0.352 e. The number of nitrogens with zero attached hydrogens (tertiary/aromatic N) is 2. The normalized spacial score (nSPS) is 10.5. The second-order valence-corrected chi connectivity index (χ2v) is 5.88. The molecule has 0 atom stereocenters. The standard InChI is InChI=1S/C13H13Br2N3O/c1-18-7-5-10(17-18)4-6-16-13(19)11-8-9(14)2-3-12(11)15/h2-3,5,7-8H,4,6H2,1H3,(H,16,19). The van der Waals surface area contributed by atoms with E-state index in [4.69, 9.17) is 0 Å². The van der Waals surface area contributed by atoms with Crippen molar-refractivity contribution in [3.8, 4) is 0 Å². The van der Waals surface area contributed by atoms with Gasteiger partial charge in [0.15, 0.2) is 0 Å². The Labute approximate surface area is 128 Å². The molecule has 4 nitrogen and oxygen atoms in total. The highest BCUT2D eigenvalue weighted by Crippen LogP contribution is 2.21. The van der Waals surface area contributed by atoms with Crippen LogP contribution in [0.15, 0.2) is 39.4 Å². The van der Waals surface area contributed by atoms with E-state index in [0.717, 1.165) is 21.1 Å². The molecular formula is C13H13Br2N3O. The lowest BCUT2D eigenvalue weighted by Crippen LogP contribution is -2.26.